The molecular formula is C13H20ClNO2. The van der Waals surface area contributed by atoms with E-state index in [4.69, 9.17) is 5.73 Å². The Morgan fingerprint density at radius 3 is 2.41 bits per heavy atom. The Labute approximate surface area is 108 Å². The molecule has 0 aromatic heterocycles. The van der Waals surface area contributed by atoms with Gasteiger partial charge in [0.15, 0.2) is 0 Å². The van der Waals surface area contributed by atoms with E-state index in [0.717, 1.165) is 18.4 Å². The van der Waals surface area contributed by atoms with Crippen molar-refractivity contribution >= 4 is 18.4 Å². The Morgan fingerprint density at radius 1 is 1.35 bits per heavy atom. The normalized spacial score (nSPS) is 13.5. The van der Waals surface area contributed by atoms with Crippen LogP contribution in [0.1, 0.15) is 31.7 Å². The Bertz CT molecular complexity index is 343. The molecule has 0 radical (unpaired) electrons. The molecule has 0 aliphatic rings. The topological polar surface area (TPSA) is 63.3 Å². The van der Waals surface area contributed by atoms with Crippen molar-refractivity contribution in [2.75, 3.05) is 0 Å². The smallest absolute Gasteiger partial charge is 0.324 e. The van der Waals surface area contributed by atoms with Crippen molar-refractivity contribution in [3.8, 4) is 0 Å². The van der Waals surface area contributed by atoms with Crippen molar-refractivity contribution in [2.45, 2.75) is 38.1 Å². The molecule has 0 aliphatic heterocycles. The summed E-state index contributed by atoms with van der Waals surface area (Å²) in [7, 11) is 0. The lowest BCUT2D eigenvalue weighted by Crippen LogP contribution is -2.49. The molecule has 0 amide bonds. The summed E-state index contributed by atoms with van der Waals surface area (Å²) in [5.74, 6) is -0.912. The van der Waals surface area contributed by atoms with Gasteiger partial charge >= 0.3 is 5.97 Å². The quantitative estimate of drug-likeness (QED) is 0.824. The molecule has 0 spiro atoms. The molecule has 0 heterocycles. The number of rotatable bonds is 6. The molecule has 0 bridgehead atoms. The number of hydrogen-bond acceptors (Lipinski definition) is 2. The number of aliphatic carboxylic acids is 1. The van der Waals surface area contributed by atoms with Crippen LogP contribution in [0.15, 0.2) is 30.3 Å². The number of unbranched alkanes of at least 4 members (excludes halogenated alkanes) is 1. The van der Waals surface area contributed by atoms with Crippen LogP contribution >= 0.6 is 12.4 Å². The average molecular weight is 258 g/mol. The van der Waals surface area contributed by atoms with Gasteiger partial charge in [0.2, 0.25) is 0 Å². The average Bonchev–Trinajstić information content (AvgIpc) is 2.27. The SMILES string of the molecule is CCCC[C@@](N)(Cc1ccccc1)C(=O)O.Cl. The molecule has 0 fully saturated rings. The third-order valence-corrected chi connectivity index (χ3v) is 2.76. The minimum absolute atomic E-state index is 0. The van der Waals surface area contributed by atoms with Gasteiger partial charge in [0, 0.05) is 6.42 Å². The van der Waals surface area contributed by atoms with E-state index >= 15 is 0 Å². The summed E-state index contributed by atoms with van der Waals surface area (Å²) in [6, 6.07) is 9.54. The maximum absolute atomic E-state index is 11.2. The second-order valence-corrected chi connectivity index (χ2v) is 4.23. The van der Waals surface area contributed by atoms with Crippen molar-refractivity contribution < 1.29 is 9.90 Å². The van der Waals surface area contributed by atoms with Crippen LogP contribution in [-0.4, -0.2) is 16.6 Å². The first-order valence-corrected chi connectivity index (χ1v) is 5.64. The lowest BCUT2D eigenvalue weighted by atomic mass is 9.87. The van der Waals surface area contributed by atoms with Crippen LogP contribution in [0.5, 0.6) is 0 Å². The van der Waals surface area contributed by atoms with E-state index in [-0.39, 0.29) is 12.4 Å². The zero-order valence-corrected chi connectivity index (χ0v) is 10.9. The first-order valence-electron chi connectivity index (χ1n) is 5.64. The third kappa shape index (κ3) is 4.75. The summed E-state index contributed by atoms with van der Waals surface area (Å²) in [4.78, 5) is 11.2. The van der Waals surface area contributed by atoms with E-state index in [0.29, 0.717) is 12.8 Å². The lowest BCUT2D eigenvalue weighted by molar-refractivity contribution is -0.143. The van der Waals surface area contributed by atoms with Crippen molar-refractivity contribution in [1.82, 2.24) is 0 Å². The highest BCUT2D eigenvalue weighted by Gasteiger charge is 2.33. The van der Waals surface area contributed by atoms with Crippen LogP contribution < -0.4 is 5.73 Å². The van der Waals surface area contributed by atoms with Crippen molar-refractivity contribution in [3.63, 3.8) is 0 Å². The molecule has 4 heteroatoms. The molecule has 17 heavy (non-hydrogen) atoms. The number of nitrogens with two attached hydrogens (primary N) is 1. The summed E-state index contributed by atoms with van der Waals surface area (Å²) in [5.41, 5.74) is 5.81. The standard InChI is InChI=1S/C13H19NO2.ClH/c1-2-3-9-13(14,12(15)16)10-11-7-5-4-6-8-11;/h4-8H,2-3,9-10,14H2,1H3,(H,15,16);1H/t13-;/m1./s1. The van der Waals surface area contributed by atoms with Crippen molar-refractivity contribution in [2.24, 2.45) is 5.73 Å². The molecule has 3 nitrogen and oxygen atoms in total. The molecule has 1 rings (SSSR count). The van der Waals surface area contributed by atoms with E-state index in [1.54, 1.807) is 0 Å². The molecule has 0 saturated carbocycles. The van der Waals surface area contributed by atoms with Crippen LogP contribution in [0.25, 0.3) is 0 Å². The number of halogens is 1. The fourth-order valence-corrected chi connectivity index (χ4v) is 1.72. The Hall–Kier alpha value is -1.06. The zero-order valence-electron chi connectivity index (χ0n) is 10.1. The predicted octanol–water partition coefficient (Wildman–Crippen LogP) is 2.62. The number of carbonyl (C=O) groups is 1. The molecule has 0 aliphatic carbocycles. The maximum atomic E-state index is 11.2. The van der Waals surface area contributed by atoms with Gasteiger partial charge in [-0.25, -0.2) is 0 Å². The predicted molar refractivity (Wildman–Crippen MR) is 71.5 cm³/mol. The molecular weight excluding hydrogens is 238 g/mol. The van der Waals surface area contributed by atoms with Gasteiger partial charge in [-0.3, -0.25) is 4.79 Å². The van der Waals surface area contributed by atoms with Crippen molar-refractivity contribution in [3.05, 3.63) is 35.9 Å². The summed E-state index contributed by atoms with van der Waals surface area (Å²) in [6.07, 6.45) is 2.72. The van der Waals surface area contributed by atoms with Crippen LogP contribution in [-0.2, 0) is 11.2 Å². The van der Waals surface area contributed by atoms with E-state index in [2.05, 4.69) is 0 Å². The van der Waals surface area contributed by atoms with Gasteiger partial charge in [-0.15, -0.1) is 12.4 Å². The fraction of sp³-hybridized carbons (Fsp3) is 0.462. The summed E-state index contributed by atoms with van der Waals surface area (Å²) < 4.78 is 0. The van der Waals surface area contributed by atoms with Gasteiger partial charge in [-0.05, 0) is 12.0 Å². The van der Waals surface area contributed by atoms with Crippen LogP contribution in [0.3, 0.4) is 0 Å². The first-order chi connectivity index (χ1) is 7.58. The van der Waals surface area contributed by atoms with Crippen LogP contribution in [0.4, 0.5) is 0 Å². The highest BCUT2D eigenvalue weighted by atomic mass is 35.5. The van der Waals surface area contributed by atoms with Gasteiger partial charge in [0.1, 0.15) is 5.54 Å². The molecule has 1 aromatic carbocycles. The van der Waals surface area contributed by atoms with Crippen LogP contribution in [0, 0.1) is 0 Å². The fourth-order valence-electron chi connectivity index (χ4n) is 1.72. The summed E-state index contributed by atoms with van der Waals surface area (Å²) in [6.45, 7) is 2.03. The minimum atomic E-state index is -1.13. The van der Waals surface area contributed by atoms with Gasteiger partial charge in [0.25, 0.3) is 0 Å². The lowest BCUT2D eigenvalue weighted by Gasteiger charge is -2.24. The third-order valence-electron chi connectivity index (χ3n) is 2.76. The Balaban J connectivity index is 0.00000256. The minimum Gasteiger partial charge on any atom is -0.480 e. The molecule has 1 atom stereocenters. The van der Waals surface area contributed by atoms with Gasteiger partial charge in [0.05, 0.1) is 0 Å². The molecule has 0 unspecified atom stereocenters. The highest BCUT2D eigenvalue weighted by molar-refractivity contribution is 5.85. The molecule has 3 N–H and O–H groups in total. The Kier molecular flexibility index (Phi) is 6.85. The van der Waals surface area contributed by atoms with Gasteiger partial charge in [-0.1, -0.05) is 50.1 Å². The van der Waals surface area contributed by atoms with E-state index < -0.39 is 11.5 Å². The second-order valence-electron chi connectivity index (χ2n) is 4.23. The van der Waals surface area contributed by atoms with E-state index in [9.17, 15) is 9.90 Å². The maximum Gasteiger partial charge on any atom is 0.324 e. The van der Waals surface area contributed by atoms with Crippen LogP contribution in [0.2, 0.25) is 0 Å². The Morgan fingerprint density at radius 2 is 1.94 bits per heavy atom. The van der Waals surface area contributed by atoms with Gasteiger partial charge in [-0.2, -0.15) is 0 Å². The monoisotopic (exact) mass is 257 g/mol. The number of carboxylic acids is 1. The summed E-state index contributed by atoms with van der Waals surface area (Å²) in [5, 5.41) is 9.20. The van der Waals surface area contributed by atoms with E-state index in [1.807, 2.05) is 37.3 Å². The highest BCUT2D eigenvalue weighted by Crippen LogP contribution is 2.18. The largest absolute Gasteiger partial charge is 0.480 e. The van der Waals surface area contributed by atoms with Gasteiger partial charge < -0.3 is 10.8 Å². The molecule has 1 aromatic rings. The second kappa shape index (κ2) is 7.30. The molecule has 96 valence electrons. The van der Waals surface area contributed by atoms with Crippen molar-refractivity contribution in [1.29, 1.82) is 0 Å². The number of carboxylic acid groups (broad SMARTS) is 1. The summed E-state index contributed by atoms with van der Waals surface area (Å²) >= 11 is 0. The number of hydrogen-bond donors (Lipinski definition) is 2. The first kappa shape index (κ1) is 15.9. The number of benzene rings is 1. The zero-order chi connectivity index (χ0) is 12.0. The van der Waals surface area contributed by atoms with E-state index in [1.165, 1.54) is 0 Å². The molecule has 0 saturated heterocycles.